The van der Waals surface area contributed by atoms with Crippen LogP contribution >= 0.6 is 23.2 Å². The molecule has 2 saturated carbocycles. The summed E-state index contributed by atoms with van der Waals surface area (Å²) in [5.74, 6) is -0.784. The maximum atomic E-state index is 15.1. The minimum absolute atomic E-state index is 0.00944. The Morgan fingerprint density at radius 3 is 2.30 bits per heavy atom. The number of ether oxygens (including phenoxy) is 1. The fourth-order valence-corrected chi connectivity index (χ4v) is 7.83. The second-order valence-electron chi connectivity index (χ2n) is 10.7. The van der Waals surface area contributed by atoms with Crippen LogP contribution in [0.15, 0.2) is 72.8 Å². The van der Waals surface area contributed by atoms with Gasteiger partial charge < -0.3 is 9.64 Å². The lowest BCUT2D eigenvalue weighted by Crippen LogP contribution is -2.56. The Hall–Kier alpha value is -2.65. The molecule has 0 radical (unpaired) electrons. The molecular formula is C30H29Cl2FN2O4S. The summed E-state index contributed by atoms with van der Waals surface area (Å²) in [4.78, 5) is 15.5. The van der Waals surface area contributed by atoms with Gasteiger partial charge in [0, 0.05) is 10.0 Å². The van der Waals surface area contributed by atoms with Gasteiger partial charge in [0.1, 0.15) is 18.5 Å². The second kappa shape index (κ2) is 11.0. The van der Waals surface area contributed by atoms with Crippen molar-refractivity contribution in [1.82, 2.24) is 4.90 Å². The summed E-state index contributed by atoms with van der Waals surface area (Å²) in [6, 6.07) is 19.4. The molecule has 0 N–H and O–H groups in total. The van der Waals surface area contributed by atoms with E-state index in [9.17, 15) is 13.2 Å². The summed E-state index contributed by atoms with van der Waals surface area (Å²) < 4.78 is 49.9. The third kappa shape index (κ3) is 5.47. The van der Waals surface area contributed by atoms with Gasteiger partial charge in [0.25, 0.3) is 0 Å². The van der Waals surface area contributed by atoms with Crippen molar-refractivity contribution >= 4 is 44.8 Å². The number of carbonyl (C=O) groups is 1. The highest BCUT2D eigenvalue weighted by atomic mass is 35.5. The normalized spacial score (nSPS) is 22.3. The maximum absolute atomic E-state index is 15.1. The van der Waals surface area contributed by atoms with E-state index in [1.54, 1.807) is 29.2 Å². The number of carbonyl (C=O) groups excluding carboxylic acids is 1. The van der Waals surface area contributed by atoms with Gasteiger partial charge in [-0.15, -0.1) is 0 Å². The number of hydrogen-bond donors (Lipinski definition) is 0. The number of benzene rings is 3. The van der Waals surface area contributed by atoms with Crippen LogP contribution in [0.4, 0.5) is 10.1 Å². The Bertz CT molecular complexity index is 1510. The Morgan fingerprint density at radius 2 is 1.65 bits per heavy atom. The summed E-state index contributed by atoms with van der Waals surface area (Å²) in [5.41, 5.74) is 1.61. The van der Waals surface area contributed by atoms with Crippen LogP contribution in [-0.2, 0) is 19.6 Å². The van der Waals surface area contributed by atoms with Gasteiger partial charge in [-0.1, -0.05) is 59.6 Å². The molecule has 2 aliphatic carbocycles. The molecular weight excluding hydrogens is 574 g/mol. The van der Waals surface area contributed by atoms with E-state index in [4.69, 9.17) is 27.9 Å². The standard InChI is InChI=1S/C30H29Cl2FN2O4S/c31-22-12-10-20(11-13-22)29-30(21-4-3-5-23(32)16-21)39-18-28(36)35(29)27(19-8-9-19)17-34(40(37,38)24-14-15-24)26-7-2-1-6-25(26)33/h1-7,10-13,16,19,24,27,29-30H,8-9,14-15,17-18H2/t27-,29+,30+/m0/s1. The molecule has 0 spiro atoms. The van der Waals surface area contributed by atoms with Gasteiger partial charge in [0.05, 0.1) is 29.6 Å². The average molecular weight is 604 g/mol. The SMILES string of the molecule is O=C1CO[C@H](c2cccc(Cl)c2)[C@@H](c2ccc(Cl)cc2)N1[C@@H](CN(c1ccccc1F)S(=O)(=O)C1CC1)C1CC1. The van der Waals surface area contributed by atoms with Gasteiger partial charge in [-0.3, -0.25) is 9.10 Å². The van der Waals surface area contributed by atoms with E-state index in [2.05, 4.69) is 0 Å². The molecule has 1 saturated heterocycles. The number of halogens is 3. The number of para-hydroxylation sites is 1. The van der Waals surface area contributed by atoms with E-state index >= 15 is 4.39 Å². The van der Waals surface area contributed by atoms with Crippen molar-refractivity contribution in [2.75, 3.05) is 17.5 Å². The topological polar surface area (TPSA) is 66.9 Å². The van der Waals surface area contributed by atoms with E-state index in [1.165, 1.54) is 22.5 Å². The Labute approximate surface area is 243 Å². The van der Waals surface area contributed by atoms with Gasteiger partial charge in [-0.05, 0) is 79.1 Å². The largest absolute Gasteiger partial charge is 0.361 e. The number of sulfonamides is 1. The van der Waals surface area contributed by atoms with Crippen LogP contribution in [0.1, 0.15) is 49.0 Å². The van der Waals surface area contributed by atoms with Crippen molar-refractivity contribution in [3.63, 3.8) is 0 Å². The second-order valence-corrected chi connectivity index (χ2v) is 13.7. The third-order valence-corrected chi connectivity index (χ3v) is 10.7. The maximum Gasteiger partial charge on any atom is 0.249 e. The van der Waals surface area contributed by atoms with E-state index < -0.39 is 39.3 Å². The molecule has 0 aromatic heterocycles. The summed E-state index contributed by atoms with van der Waals surface area (Å²) in [7, 11) is -3.83. The molecule has 6 rings (SSSR count). The zero-order chi connectivity index (χ0) is 28.0. The molecule has 1 aliphatic heterocycles. The minimum atomic E-state index is -3.83. The first-order valence-electron chi connectivity index (χ1n) is 13.4. The summed E-state index contributed by atoms with van der Waals surface area (Å²) in [6.07, 6.45) is 2.23. The van der Waals surface area contributed by atoms with Crippen LogP contribution in [0.25, 0.3) is 0 Å². The van der Waals surface area contributed by atoms with E-state index in [-0.39, 0.29) is 30.7 Å². The zero-order valence-corrected chi connectivity index (χ0v) is 24.0. The molecule has 3 aromatic rings. The fourth-order valence-electron chi connectivity index (χ4n) is 5.63. The first kappa shape index (κ1) is 27.5. The minimum Gasteiger partial charge on any atom is -0.361 e. The molecule has 1 amide bonds. The molecule has 210 valence electrons. The summed E-state index contributed by atoms with van der Waals surface area (Å²) in [5, 5.41) is 0.552. The number of hydrogen-bond acceptors (Lipinski definition) is 4. The Kier molecular flexibility index (Phi) is 7.55. The Morgan fingerprint density at radius 1 is 0.925 bits per heavy atom. The van der Waals surface area contributed by atoms with Crippen molar-refractivity contribution in [2.24, 2.45) is 5.92 Å². The first-order valence-corrected chi connectivity index (χ1v) is 15.7. The smallest absolute Gasteiger partial charge is 0.249 e. The number of rotatable bonds is 9. The number of morpholine rings is 1. The summed E-state index contributed by atoms with van der Waals surface area (Å²) in [6.45, 7) is -0.206. The first-order chi connectivity index (χ1) is 19.2. The van der Waals surface area contributed by atoms with Crippen molar-refractivity contribution in [1.29, 1.82) is 0 Å². The molecule has 40 heavy (non-hydrogen) atoms. The number of amides is 1. The van der Waals surface area contributed by atoms with Gasteiger partial charge in [-0.2, -0.15) is 0 Å². The molecule has 10 heteroatoms. The monoisotopic (exact) mass is 602 g/mol. The van der Waals surface area contributed by atoms with Crippen LogP contribution in [0.2, 0.25) is 10.0 Å². The van der Waals surface area contributed by atoms with Gasteiger partial charge >= 0.3 is 0 Å². The molecule has 3 aromatic carbocycles. The van der Waals surface area contributed by atoms with Crippen LogP contribution in [0.5, 0.6) is 0 Å². The molecule has 3 fully saturated rings. The van der Waals surface area contributed by atoms with Gasteiger partial charge in [0.15, 0.2) is 0 Å². The highest BCUT2D eigenvalue weighted by Crippen LogP contribution is 2.47. The van der Waals surface area contributed by atoms with Crippen molar-refractivity contribution < 1.29 is 22.3 Å². The number of nitrogens with zero attached hydrogens (tertiary/aromatic N) is 2. The van der Waals surface area contributed by atoms with Crippen LogP contribution in [0, 0.1) is 11.7 Å². The van der Waals surface area contributed by atoms with Crippen molar-refractivity contribution in [3.8, 4) is 0 Å². The highest BCUT2D eigenvalue weighted by Gasteiger charge is 2.50. The van der Waals surface area contributed by atoms with Crippen LogP contribution < -0.4 is 4.31 Å². The molecule has 0 bridgehead atoms. The lowest BCUT2D eigenvalue weighted by molar-refractivity contribution is -0.163. The predicted octanol–water partition coefficient (Wildman–Crippen LogP) is 6.55. The van der Waals surface area contributed by atoms with Crippen molar-refractivity contribution in [3.05, 3.63) is 99.8 Å². The third-order valence-electron chi connectivity index (χ3n) is 7.90. The fraction of sp³-hybridized carbons (Fsp3) is 0.367. The average Bonchev–Trinajstić information content (AvgIpc) is 3.84. The lowest BCUT2D eigenvalue weighted by Gasteiger charge is -2.47. The predicted molar refractivity (Wildman–Crippen MR) is 153 cm³/mol. The highest BCUT2D eigenvalue weighted by molar-refractivity contribution is 7.93. The van der Waals surface area contributed by atoms with Crippen LogP contribution in [-0.4, -0.2) is 43.7 Å². The molecule has 3 aliphatic rings. The van der Waals surface area contributed by atoms with Crippen LogP contribution in [0.3, 0.4) is 0 Å². The van der Waals surface area contributed by atoms with Crippen molar-refractivity contribution in [2.45, 2.75) is 49.1 Å². The van der Waals surface area contributed by atoms with Gasteiger partial charge in [-0.25, -0.2) is 12.8 Å². The Balaban J connectivity index is 1.45. The molecule has 3 atom stereocenters. The lowest BCUT2D eigenvalue weighted by atomic mass is 9.90. The summed E-state index contributed by atoms with van der Waals surface area (Å²) >= 11 is 12.6. The molecule has 1 heterocycles. The van der Waals surface area contributed by atoms with E-state index in [0.717, 1.165) is 24.0 Å². The molecule has 6 nitrogen and oxygen atoms in total. The number of anilines is 1. The molecule has 0 unspecified atom stereocenters. The van der Waals surface area contributed by atoms with E-state index in [1.807, 2.05) is 30.3 Å². The quantitative estimate of drug-likeness (QED) is 0.278. The zero-order valence-electron chi connectivity index (χ0n) is 21.6. The van der Waals surface area contributed by atoms with E-state index in [0.29, 0.717) is 22.9 Å². The van der Waals surface area contributed by atoms with Gasteiger partial charge in [0.2, 0.25) is 15.9 Å².